The highest BCUT2D eigenvalue weighted by molar-refractivity contribution is 6.74. The summed E-state index contributed by atoms with van der Waals surface area (Å²) in [7, 11) is -3.94. The van der Waals surface area contributed by atoms with Gasteiger partial charge >= 0.3 is 7.12 Å². The number of carbonyl (C=O) groups is 1. The number of ether oxygens (including phenoxy) is 1. The Morgan fingerprint density at radius 2 is 2.14 bits per heavy atom. The number of halogens is 1. The number of amides is 1. The lowest BCUT2D eigenvalue weighted by atomic mass is 9.77. The first-order valence-corrected chi connectivity index (χ1v) is 15.0. The molecule has 2 aromatic rings. The molecule has 3 rings (SSSR count). The Kier molecular flexibility index (Phi) is 8.55. The summed E-state index contributed by atoms with van der Waals surface area (Å²) >= 11 is 6.43. The first-order valence-electron chi connectivity index (χ1n) is 11.7. The number of hydrogen-bond donors (Lipinski definition) is 4. The van der Waals surface area contributed by atoms with Gasteiger partial charge in [0.2, 0.25) is 0 Å². The van der Waals surface area contributed by atoms with Gasteiger partial charge in [0.1, 0.15) is 5.56 Å². The van der Waals surface area contributed by atoms with Gasteiger partial charge in [0.15, 0.2) is 14.1 Å². The Hall–Kier alpha value is -2.40. The Morgan fingerprint density at radius 1 is 1.44 bits per heavy atom. The molecule has 36 heavy (non-hydrogen) atoms. The van der Waals surface area contributed by atoms with Gasteiger partial charge in [-0.05, 0) is 42.2 Å². The molecule has 10 nitrogen and oxygen atoms in total. The molecule has 1 aliphatic rings. The lowest BCUT2D eigenvalue weighted by Gasteiger charge is -2.36. The maximum atomic E-state index is 12.2. The molecule has 0 aliphatic carbocycles. The van der Waals surface area contributed by atoms with E-state index in [-0.39, 0.29) is 45.5 Å². The van der Waals surface area contributed by atoms with E-state index in [2.05, 4.69) is 50.3 Å². The van der Waals surface area contributed by atoms with Crippen LogP contribution in [0.3, 0.4) is 0 Å². The maximum absolute atomic E-state index is 12.2. The normalized spacial score (nSPS) is 18.5. The number of nitrogens with two attached hydrogens (primary N) is 1. The second kappa shape index (κ2) is 10.9. The number of hydrogen-bond acceptors (Lipinski definition) is 8. The van der Waals surface area contributed by atoms with Crippen molar-refractivity contribution in [2.75, 3.05) is 18.5 Å². The average Bonchev–Trinajstić information content (AvgIpc) is 3.20. The van der Waals surface area contributed by atoms with Crippen molar-refractivity contribution in [2.45, 2.75) is 58.0 Å². The van der Waals surface area contributed by atoms with Crippen LogP contribution in [-0.2, 0) is 15.8 Å². The quantitative estimate of drug-likeness (QED) is 0.377. The zero-order valence-electron chi connectivity index (χ0n) is 21.2. The lowest BCUT2D eigenvalue weighted by Crippen LogP contribution is -2.42. The Morgan fingerprint density at radius 3 is 2.72 bits per heavy atom. The van der Waals surface area contributed by atoms with Gasteiger partial charge in [-0.3, -0.25) is 9.48 Å². The topological polar surface area (TPSA) is 156 Å². The second-order valence-corrected chi connectivity index (χ2v) is 15.7. The molecule has 13 heteroatoms. The third kappa shape index (κ3) is 6.11. The van der Waals surface area contributed by atoms with E-state index in [1.54, 1.807) is 6.07 Å². The van der Waals surface area contributed by atoms with Crippen molar-refractivity contribution < 1.29 is 24.0 Å². The number of nitriles is 1. The molecule has 194 valence electrons. The van der Waals surface area contributed by atoms with Gasteiger partial charge in [-0.25, -0.2) is 0 Å². The fourth-order valence-electron chi connectivity index (χ4n) is 3.74. The van der Waals surface area contributed by atoms with Crippen LogP contribution in [0.25, 0.3) is 0 Å². The van der Waals surface area contributed by atoms with Crippen LogP contribution in [0.1, 0.15) is 49.2 Å². The molecule has 2 heterocycles. The Labute approximate surface area is 217 Å². The number of carbonyl (C=O) groups excluding carboxylic acids is 1. The Balaban J connectivity index is 1.96. The van der Waals surface area contributed by atoms with E-state index in [4.69, 9.17) is 26.5 Å². The molecule has 5 N–H and O–H groups in total. The molecule has 1 aromatic carbocycles. The van der Waals surface area contributed by atoms with Crippen LogP contribution in [0.15, 0.2) is 18.3 Å². The molecule has 0 radical (unpaired) electrons. The van der Waals surface area contributed by atoms with Crippen molar-refractivity contribution in [1.82, 2.24) is 9.78 Å². The van der Waals surface area contributed by atoms with Crippen LogP contribution >= 0.6 is 11.6 Å². The van der Waals surface area contributed by atoms with Crippen LogP contribution < -0.4 is 16.5 Å². The van der Waals surface area contributed by atoms with Crippen molar-refractivity contribution >= 4 is 49.9 Å². The molecular formula is C23H33BClN5O5Si. The average molecular weight is 534 g/mol. The van der Waals surface area contributed by atoms with Crippen molar-refractivity contribution in [3.63, 3.8) is 0 Å². The molecule has 2 atom stereocenters. The van der Waals surface area contributed by atoms with Crippen molar-refractivity contribution in [2.24, 2.45) is 11.7 Å². The minimum Gasteiger partial charge on any atom is -0.423 e. The fraction of sp³-hybridized carbons (Fsp3) is 0.522. The van der Waals surface area contributed by atoms with Gasteiger partial charge in [-0.1, -0.05) is 32.4 Å². The van der Waals surface area contributed by atoms with Gasteiger partial charge in [0.25, 0.3) is 5.91 Å². The molecule has 0 unspecified atom stereocenters. The smallest absolute Gasteiger partial charge is 0.423 e. The SMILES string of the molecule is CC(C)(C)[Si](C)(C)OCc1cc(Nc2nn([C@H]3COCC[C@@H]3C#N)cc2C(N)=O)cc(Cl)c1B(O)O. The van der Waals surface area contributed by atoms with Crippen molar-refractivity contribution in [3.8, 4) is 6.07 Å². The third-order valence-electron chi connectivity index (χ3n) is 6.96. The highest BCUT2D eigenvalue weighted by Crippen LogP contribution is 2.37. The molecule has 1 aliphatic heterocycles. The van der Waals surface area contributed by atoms with Gasteiger partial charge < -0.3 is 30.3 Å². The predicted molar refractivity (Wildman–Crippen MR) is 141 cm³/mol. The first kappa shape index (κ1) is 28.2. The number of benzene rings is 1. The number of nitrogens with zero attached hydrogens (tertiary/aromatic N) is 3. The predicted octanol–water partition coefficient (Wildman–Crippen LogP) is 2.68. The van der Waals surface area contributed by atoms with Crippen LogP contribution in [0.4, 0.5) is 11.5 Å². The molecule has 0 saturated carbocycles. The zero-order chi connectivity index (χ0) is 26.8. The van der Waals surface area contributed by atoms with Gasteiger partial charge in [0, 0.05) is 29.0 Å². The standard InChI is InChI=1S/C23H33BClN5O5Si/c1-23(2,3)36(4,5)35-12-15-8-16(9-18(25)20(15)24(32)33)28-22-17(21(27)31)11-30(29-22)19-13-34-7-6-14(19)10-26/h8-9,11,14,19,32-33H,6-7,12-13H2,1-5H3,(H2,27,31)(H,28,29)/t14-,19+/m1/s1. The van der Waals surface area contributed by atoms with Crippen LogP contribution in [0.5, 0.6) is 0 Å². The van der Waals surface area contributed by atoms with Crippen molar-refractivity contribution in [1.29, 1.82) is 5.26 Å². The number of anilines is 2. The van der Waals surface area contributed by atoms with Crippen molar-refractivity contribution in [3.05, 3.63) is 34.5 Å². The second-order valence-electron chi connectivity index (χ2n) is 10.5. The maximum Gasteiger partial charge on any atom is 0.490 e. The summed E-state index contributed by atoms with van der Waals surface area (Å²) in [6.07, 6.45) is 2.07. The monoisotopic (exact) mass is 533 g/mol. The highest BCUT2D eigenvalue weighted by atomic mass is 35.5. The third-order valence-corrected chi connectivity index (χ3v) is 11.8. The molecule has 0 spiro atoms. The molecule has 1 amide bonds. The van der Waals surface area contributed by atoms with E-state index in [1.165, 1.54) is 16.9 Å². The minimum atomic E-state index is -2.15. The van der Waals surface area contributed by atoms with Crippen LogP contribution in [0, 0.1) is 17.2 Å². The van der Waals surface area contributed by atoms with E-state index in [1.807, 2.05) is 0 Å². The summed E-state index contributed by atoms with van der Waals surface area (Å²) in [4.78, 5) is 12.2. The van der Waals surface area contributed by atoms with E-state index in [9.17, 15) is 20.1 Å². The van der Waals surface area contributed by atoms with Gasteiger partial charge in [0.05, 0.1) is 31.2 Å². The van der Waals surface area contributed by atoms with Gasteiger partial charge in [-0.15, -0.1) is 0 Å². The zero-order valence-corrected chi connectivity index (χ0v) is 23.0. The summed E-state index contributed by atoms with van der Waals surface area (Å²) in [5, 5.41) is 37.1. The highest BCUT2D eigenvalue weighted by Gasteiger charge is 2.37. The number of rotatable bonds is 8. The Bertz CT molecular complexity index is 1160. The first-order chi connectivity index (χ1) is 16.7. The number of primary amides is 1. The summed E-state index contributed by atoms with van der Waals surface area (Å²) in [6, 6.07) is 5.11. The summed E-state index contributed by atoms with van der Waals surface area (Å²) in [5.41, 5.74) is 6.85. The fourth-order valence-corrected chi connectivity index (χ4v) is 5.02. The summed E-state index contributed by atoms with van der Waals surface area (Å²) in [5.74, 6) is -0.815. The summed E-state index contributed by atoms with van der Waals surface area (Å²) in [6.45, 7) is 11.4. The van der Waals surface area contributed by atoms with E-state index < -0.39 is 21.3 Å². The van der Waals surface area contributed by atoms with Crippen LogP contribution in [0.2, 0.25) is 23.2 Å². The molecule has 0 bridgehead atoms. The van der Waals surface area contributed by atoms with E-state index in [0.29, 0.717) is 30.9 Å². The van der Waals surface area contributed by atoms with E-state index >= 15 is 0 Å². The van der Waals surface area contributed by atoms with Gasteiger partial charge in [-0.2, -0.15) is 10.4 Å². The molecular weight excluding hydrogens is 501 g/mol. The number of nitrogens with one attached hydrogen (secondary N) is 1. The summed E-state index contributed by atoms with van der Waals surface area (Å²) < 4.78 is 13.3. The minimum absolute atomic E-state index is 0.0437. The van der Waals surface area contributed by atoms with E-state index in [0.717, 1.165) is 0 Å². The largest absolute Gasteiger partial charge is 0.490 e. The molecule has 1 aromatic heterocycles. The van der Waals surface area contributed by atoms with Crippen LogP contribution in [-0.4, -0.2) is 54.4 Å². The molecule has 1 saturated heterocycles. The lowest BCUT2D eigenvalue weighted by molar-refractivity contribution is 0.0342. The number of aromatic nitrogens is 2. The molecule has 1 fully saturated rings.